The van der Waals surface area contributed by atoms with Crippen molar-refractivity contribution in [2.75, 3.05) is 5.32 Å². The van der Waals surface area contributed by atoms with Gasteiger partial charge >= 0.3 is 0 Å². The van der Waals surface area contributed by atoms with Crippen LogP contribution < -0.4 is 5.32 Å². The van der Waals surface area contributed by atoms with E-state index in [0.29, 0.717) is 0 Å². The third-order valence-electron chi connectivity index (χ3n) is 4.67. The van der Waals surface area contributed by atoms with Gasteiger partial charge in [-0.05, 0) is 19.1 Å². The number of benzene rings is 1. The summed E-state index contributed by atoms with van der Waals surface area (Å²) in [5.74, 6) is 0.856. The zero-order chi connectivity index (χ0) is 18.2. The van der Waals surface area contributed by atoms with Gasteiger partial charge in [-0.15, -0.1) is 11.3 Å². The Bertz CT molecular complexity index is 1120. The maximum atomic E-state index is 4.57. The number of para-hydroxylation sites is 1. The molecule has 0 fully saturated rings. The van der Waals surface area contributed by atoms with Crippen molar-refractivity contribution in [2.24, 2.45) is 0 Å². The van der Waals surface area contributed by atoms with E-state index < -0.39 is 0 Å². The first kappa shape index (κ1) is 16.3. The first-order chi connectivity index (χ1) is 13.2. The zero-order valence-electron chi connectivity index (χ0n) is 14.9. The molecule has 0 amide bonds. The van der Waals surface area contributed by atoms with Crippen molar-refractivity contribution in [1.29, 1.82) is 0 Å². The van der Waals surface area contributed by atoms with Gasteiger partial charge in [-0.3, -0.25) is 9.88 Å². The fourth-order valence-electron chi connectivity index (χ4n) is 3.40. The van der Waals surface area contributed by atoms with Gasteiger partial charge in [0.15, 0.2) is 0 Å². The van der Waals surface area contributed by atoms with Crippen LogP contribution in [0.5, 0.6) is 0 Å². The van der Waals surface area contributed by atoms with Gasteiger partial charge in [0.05, 0.1) is 29.6 Å². The van der Waals surface area contributed by atoms with Gasteiger partial charge in [0.25, 0.3) is 0 Å². The van der Waals surface area contributed by atoms with Crippen LogP contribution in [0.3, 0.4) is 0 Å². The van der Waals surface area contributed by atoms with E-state index in [0.717, 1.165) is 64.0 Å². The minimum absolute atomic E-state index is 0.818. The van der Waals surface area contributed by atoms with Crippen molar-refractivity contribution in [3.8, 4) is 0 Å². The van der Waals surface area contributed by atoms with Crippen molar-refractivity contribution in [3.63, 3.8) is 0 Å². The van der Waals surface area contributed by atoms with Gasteiger partial charge in [0.1, 0.15) is 17.2 Å². The van der Waals surface area contributed by atoms with Gasteiger partial charge in [0.2, 0.25) is 0 Å². The molecule has 0 unspecified atom stereocenters. The maximum Gasteiger partial charge on any atom is 0.138 e. The highest BCUT2D eigenvalue weighted by molar-refractivity contribution is 7.09. The van der Waals surface area contributed by atoms with Gasteiger partial charge in [-0.25, -0.2) is 15.0 Å². The Labute approximate surface area is 161 Å². The lowest BCUT2D eigenvalue weighted by atomic mass is 10.2. The van der Waals surface area contributed by atoms with Crippen LogP contribution in [0.1, 0.15) is 22.0 Å². The second kappa shape index (κ2) is 6.68. The van der Waals surface area contributed by atoms with Gasteiger partial charge < -0.3 is 5.32 Å². The van der Waals surface area contributed by atoms with E-state index in [1.54, 1.807) is 17.7 Å². The third kappa shape index (κ3) is 3.27. The summed E-state index contributed by atoms with van der Waals surface area (Å²) >= 11 is 1.71. The Morgan fingerprint density at radius 1 is 1.15 bits per heavy atom. The summed E-state index contributed by atoms with van der Waals surface area (Å²) in [6.07, 6.45) is 3.48. The van der Waals surface area contributed by atoms with Crippen molar-refractivity contribution in [2.45, 2.75) is 26.6 Å². The second-order valence-electron chi connectivity index (χ2n) is 6.72. The molecular formula is C20H18N6S. The summed E-state index contributed by atoms with van der Waals surface area (Å²) in [5, 5.41) is 7.77. The summed E-state index contributed by atoms with van der Waals surface area (Å²) in [7, 11) is 0. The number of hydrogen-bond donors (Lipinski definition) is 1. The minimum Gasteiger partial charge on any atom is -0.339 e. The molecule has 6 nitrogen and oxygen atoms in total. The van der Waals surface area contributed by atoms with Gasteiger partial charge in [0, 0.05) is 35.1 Å². The number of aryl methyl sites for hydroxylation is 1. The maximum absolute atomic E-state index is 4.57. The molecule has 1 aromatic carbocycles. The average Bonchev–Trinajstić information content (AvgIpc) is 3.28. The van der Waals surface area contributed by atoms with E-state index in [4.69, 9.17) is 0 Å². The Balaban J connectivity index is 1.38. The Hall–Kier alpha value is -2.90. The van der Waals surface area contributed by atoms with Crippen molar-refractivity contribution in [1.82, 2.24) is 24.8 Å². The summed E-state index contributed by atoms with van der Waals surface area (Å²) in [5.41, 5.74) is 5.23. The number of nitrogens with zero attached hydrogens (tertiary/aromatic N) is 5. The molecule has 1 aliphatic heterocycles. The summed E-state index contributed by atoms with van der Waals surface area (Å²) in [4.78, 5) is 20.4. The fourth-order valence-corrected chi connectivity index (χ4v) is 4.22. The van der Waals surface area contributed by atoms with Crippen molar-refractivity contribution in [3.05, 3.63) is 70.2 Å². The standard InChI is InChI=1S/C20H18N6S/c1-13-11-27-19(24-13)10-26-8-16-18(9-26)22-12-23-20(16)25-15-6-14-4-2-3-5-17(14)21-7-15/h2-7,11-12H,8-10H2,1H3,(H,22,23,25). The molecule has 0 bridgehead atoms. The lowest BCUT2D eigenvalue weighted by Gasteiger charge is -2.12. The predicted octanol–water partition coefficient (Wildman–Crippen LogP) is 4.05. The first-order valence-electron chi connectivity index (χ1n) is 8.82. The molecule has 1 aliphatic rings. The van der Waals surface area contributed by atoms with Crippen molar-refractivity contribution < 1.29 is 0 Å². The molecule has 27 heavy (non-hydrogen) atoms. The average molecular weight is 374 g/mol. The molecule has 0 radical (unpaired) electrons. The summed E-state index contributed by atoms with van der Waals surface area (Å²) < 4.78 is 0. The zero-order valence-corrected chi connectivity index (χ0v) is 15.7. The molecule has 0 atom stereocenters. The smallest absolute Gasteiger partial charge is 0.138 e. The Kier molecular flexibility index (Phi) is 4.03. The molecule has 7 heteroatoms. The minimum atomic E-state index is 0.818. The van der Waals surface area contributed by atoms with Crippen LogP contribution in [0, 0.1) is 6.92 Å². The van der Waals surface area contributed by atoms with E-state index >= 15 is 0 Å². The quantitative estimate of drug-likeness (QED) is 0.581. The molecule has 4 aromatic rings. The number of aromatic nitrogens is 4. The third-order valence-corrected chi connectivity index (χ3v) is 5.62. The van der Waals surface area contributed by atoms with E-state index in [2.05, 4.69) is 47.7 Å². The molecule has 134 valence electrons. The highest BCUT2D eigenvalue weighted by atomic mass is 32.1. The Morgan fingerprint density at radius 3 is 2.96 bits per heavy atom. The van der Waals surface area contributed by atoms with Crippen LogP contribution in [-0.2, 0) is 19.6 Å². The van der Waals surface area contributed by atoms with E-state index in [9.17, 15) is 0 Å². The lowest BCUT2D eigenvalue weighted by molar-refractivity contribution is 0.273. The van der Waals surface area contributed by atoms with E-state index in [1.807, 2.05) is 31.3 Å². The van der Waals surface area contributed by atoms with Crippen LogP contribution in [0.15, 0.2) is 48.2 Å². The molecule has 5 rings (SSSR count). The Morgan fingerprint density at radius 2 is 2.07 bits per heavy atom. The molecule has 3 aromatic heterocycles. The molecule has 1 N–H and O–H groups in total. The van der Waals surface area contributed by atoms with Gasteiger partial charge in [-0.1, -0.05) is 18.2 Å². The van der Waals surface area contributed by atoms with Crippen molar-refractivity contribution >= 4 is 33.7 Å². The predicted molar refractivity (Wildman–Crippen MR) is 107 cm³/mol. The van der Waals surface area contributed by atoms with Crippen LogP contribution >= 0.6 is 11.3 Å². The highest BCUT2D eigenvalue weighted by Crippen LogP contribution is 2.30. The summed E-state index contributed by atoms with van der Waals surface area (Å²) in [6.45, 7) is 4.51. The number of rotatable bonds is 4. The van der Waals surface area contributed by atoms with Crippen LogP contribution in [0.2, 0.25) is 0 Å². The first-order valence-corrected chi connectivity index (χ1v) is 9.70. The SMILES string of the molecule is Cc1csc(CN2Cc3ncnc(Nc4cnc5ccccc5c4)c3C2)n1. The summed E-state index contributed by atoms with van der Waals surface area (Å²) in [6, 6.07) is 10.2. The number of fused-ring (bicyclic) bond motifs is 2. The van der Waals surface area contributed by atoms with Crippen LogP contribution in [0.4, 0.5) is 11.5 Å². The number of nitrogens with one attached hydrogen (secondary N) is 1. The topological polar surface area (TPSA) is 66.8 Å². The molecule has 0 spiro atoms. The molecule has 0 saturated heterocycles. The monoisotopic (exact) mass is 374 g/mol. The second-order valence-corrected chi connectivity index (χ2v) is 7.66. The number of pyridine rings is 1. The van der Waals surface area contributed by atoms with Crippen LogP contribution in [0.25, 0.3) is 10.9 Å². The largest absolute Gasteiger partial charge is 0.339 e. The van der Waals surface area contributed by atoms with Gasteiger partial charge in [-0.2, -0.15) is 0 Å². The molecule has 0 saturated carbocycles. The molecule has 0 aliphatic carbocycles. The van der Waals surface area contributed by atoms with E-state index in [-0.39, 0.29) is 0 Å². The normalized spacial score (nSPS) is 13.8. The molecule has 4 heterocycles. The van der Waals surface area contributed by atoms with Crippen LogP contribution in [-0.4, -0.2) is 24.8 Å². The van der Waals surface area contributed by atoms with E-state index in [1.165, 1.54) is 0 Å². The molecular weight excluding hydrogens is 356 g/mol. The number of hydrogen-bond acceptors (Lipinski definition) is 7. The number of thiazole rings is 1. The number of anilines is 2. The fraction of sp³-hybridized carbons (Fsp3) is 0.200. The highest BCUT2D eigenvalue weighted by Gasteiger charge is 2.24. The lowest BCUT2D eigenvalue weighted by Crippen LogP contribution is -2.15.